The Hall–Kier alpha value is -3.24. The highest BCUT2D eigenvalue weighted by Crippen LogP contribution is 2.37. The van der Waals surface area contributed by atoms with E-state index in [1.165, 1.54) is 44.9 Å². The van der Waals surface area contributed by atoms with E-state index in [2.05, 4.69) is 19.4 Å². The van der Waals surface area contributed by atoms with Gasteiger partial charge < -0.3 is 25.0 Å². The second-order valence-corrected chi connectivity index (χ2v) is 11.3. The van der Waals surface area contributed by atoms with Crippen molar-refractivity contribution in [3.05, 3.63) is 35.1 Å². The number of hydrogen-bond donors (Lipinski definition) is 2. The molecule has 2 unspecified atom stereocenters. The van der Waals surface area contributed by atoms with E-state index in [0.717, 1.165) is 43.0 Å². The Kier molecular flexibility index (Phi) is 7.40. The van der Waals surface area contributed by atoms with Gasteiger partial charge in [-0.2, -0.15) is 9.98 Å². The van der Waals surface area contributed by atoms with Gasteiger partial charge in [0.2, 0.25) is 5.95 Å². The number of imidazole rings is 1. The second-order valence-electron chi connectivity index (χ2n) is 10.8. The minimum absolute atomic E-state index is 0.0336. The quantitative estimate of drug-likeness (QED) is 0.324. The van der Waals surface area contributed by atoms with E-state index in [1.54, 1.807) is 0 Å². The normalized spacial score (nSPS) is 22.7. The number of hydrogen-bond acceptors (Lipinski definition) is 6. The van der Waals surface area contributed by atoms with Crippen molar-refractivity contribution in [3.63, 3.8) is 0 Å². The Morgan fingerprint density at radius 2 is 1.90 bits per heavy atom. The van der Waals surface area contributed by atoms with Crippen LogP contribution in [0.25, 0.3) is 22.4 Å². The molecule has 2 aliphatic carbocycles. The first-order valence-corrected chi connectivity index (χ1v) is 14.4. The minimum Gasteiger partial charge on any atom is -0.463 e. The van der Waals surface area contributed by atoms with E-state index in [0.29, 0.717) is 28.9 Å². The molecule has 3 N–H and O–H groups in total. The molecule has 1 aromatic carbocycles. The van der Waals surface area contributed by atoms with Gasteiger partial charge in [0.05, 0.1) is 18.8 Å². The number of nitrogens with zero attached hydrogens (tertiary/aromatic N) is 6. The third-order valence-electron chi connectivity index (χ3n) is 8.28. The Morgan fingerprint density at radius 3 is 2.69 bits per heavy atom. The first kappa shape index (κ1) is 26.0. The van der Waals surface area contributed by atoms with E-state index < -0.39 is 6.09 Å². The van der Waals surface area contributed by atoms with Crippen LogP contribution in [0.1, 0.15) is 63.6 Å². The van der Waals surface area contributed by atoms with Crippen molar-refractivity contribution in [3.8, 4) is 11.3 Å². The maximum absolute atomic E-state index is 11.3. The summed E-state index contributed by atoms with van der Waals surface area (Å²) in [6, 6.07) is 7.73. The summed E-state index contributed by atoms with van der Waals surface area (Å²) in [5, 5.41) is 9.79. The molecule has 2 saturated carbocycles. The number of morpholine rings is 1. The first-order chi connectivity index (χ1) is 19.0. The Bertz CT molecular complexity index is 1400. The number of carboxylic acid groups (broad SMARTS) is 1. The molecule has 3 heterocycles. The Balaban J connectivity index is 1.57. The van der Waals surface area contributed by atoms with Crippen LogP contribution in [0.5, 0.6) is 0 Å². The molecule has 39 heavy (non-hydrogen) atoms. The van der Waals surface area contributed by atoms with Gasteiger partial charge in [-0.25, -0.2) is 14.8 Å². The maximum atomic E-state index is 11.3. The molecule has 0 spiro atoms. The van der Waals surface area contributed by atoms with Crippen molar-refractivity contribution >= 4 is 40.6 Å². The van der Waals surface area contributed by atoms with Crippen molar-refractivity contribution in [1.29, 1.82) is 0 Å². The maximum Gasteiger partial charge on any atom is 0.433 e. The molecule has 0 radical (unpaired) electrons. The number of nitrogens with two attached hydrogens (primary N) is 1. The standard InChI is InChI=1S/C28H34ClN7O3/c29-19-10-6-9-18(15-19)22-23-25(33-26(31-22)24(30)32-28(37)38)34-27(36(23)16-17-7-2-1-3-8-17)35-13-14-39-21-12-5-4-11-20(21)35/h6,9-10,15,17,20-21H,1-5,7-8,11-14,16H2,(H2,30,32)(H,37,38). The lowest BCUT2D eigenvalue weighted by atomic mass is 9.89. The lowest BCUT2D eigenvalue weighted by molar-refractivity contribution is -0.00958. The zero-order chi connectivity index (χ0) is 26.9. The van der Waals surface area contributed by atoms with Gasteiger partial charge in [-0.05, 0) is 43.7 Å². The Labute approximate surface area is 232 Å². The topological polar surface area (TPSA) is 132 Å². The molecule has 1 saturated heterocycles. The van der Waals surface area contributed by atoms with Gasteiger partial charge >= 0.3 is 6.09 Å². The molecule has 10 nitrogen and oxygen atoms in total. The number of ether oxygens (including phenoxy) is 1. The number of anilines is 1. The fraction of sp³-hybridized carbons (Fsp3) is 0.536. The van der Waals surface area contributed by atoms with Crippen LogP contribution in [0.2, 0.25) is 5.02 Å². The van der Waals surface area contributed by atoms with Crippen molar-refractivity contribution in [2.75, 3.05) is 18.1 Å². The molecule has 3 fully saturated rings. The minimum atomic E-state index is -1.40. The smallest absolute Gasteiger partial charge is 0.433 e. The molecular formula is C28H34ClN7O3. The van der Waals surface area contributed by atoms with E-state index in [1.807, 2.05) is 24.3 Å². The van der Waals surface area contributed by atoms with Crippen molar-refractivity contribution in [1.82, 2.24) is 19.5 Å². The summed E-state index contributed by atoms with van der Waals surface area (Å²) in [6.07, 6.45) is 9.38. The van der Waals surface area contributed by atoms with Crippen LogP contribution in [-0.2, 0) is 11.3 Å². The molecule has 0 bridgehead atoms. The predicted octanol–water partition coefficient (Wildman–Crippen LogP) is 5.26. The number of aromatic nitrogens is 4. The van der Waals surface area contributed by atoms with Gasteiger partial charge in [0.15, 0.2) is 17.3 Å². The second kappa shape index (κ2) is 11.1. The van der Waals surface area contributed by atoms with Gasteiger partial charge in [-0.15, -0.1) is 0 Å². The monoisotopic (exact) mass is 551 g/mol. The molecular weight excluding hydrogens is 518 g/mol. The van der Waals surface area contributed by atoms with Crippen LogP contribution < -0.4 is 10.6 Å². The summed E-state index contributed by atoms with van der Waals surface area (Å²) in [7, 11) is 0. The number of rotatable bonds is 5. The van der Waals surface area contributed by atoms with Crippen LogP contribution in [0.3, 0.4) is 0 Å². The number of fused-ring (bicyclic) bond motifs is 2. The van der Waals surface area contributed by atoms with E-state index in [-0.39, 0.29) is 23.8 Å². The third-order valence-corrected chi connectivity index (χ3v) is 8.52. The highest BCUT2D eigenvalue weighted by molar-refractivity contribution is 6.30. The molecule has 6 rings (SSSR count). The Morgan fingerprint density at radius 1 is 1.10 bits per heavy atom. The lowest BCUT2D eigenvalue weighted by Gasteiger charge is -2.44. The van der Waals surface area contributed by atoms with E-state index in [4.69, 9.17) is 32.0 Å². The highest BCUT2D eigenvalue weighted by Gasteiger charge is 2.37. The molecule has 11 heteroatoms. The molecule has 2 atom stereocenters. The summed E-state index contributed by atoms with van der Waals surface area (Å²) in [5.74, 6) is 1.17. The van der Waals surface area contributed by atoms with Gasteiger partial charge in [0.25, 0.3) is 0 Å². The van der Waals surface area contributed by atoms with Crippen LogP contribution in [-0.4, -0.2) is 61.9 Å². The van der Waals surface area contributed by atoms with Crippen molar-refractivity contribution in [2.24, 2.45) is 16.6 Å². The predicted molar refractivity (Wildman–Crippen MR) is 150 cm³/mol. The molecule has 2 aromatic heterocycles. The highest BCUT2D eigenvalue weighted by atomic mass is 35.5. The average molecular weight is 552 g/mol. The summed E-state index contributed by atoms with van der Waals surface area (Å²) in [6.45, 7) is 2.23. The third kappa shape index (κ3) is 5.32. The first-order valence-electron chi connectivity index (χ1n) is 14.0. The fourth-order valence-corrected chi connectivity index (χ4v) is 6.68. The lowest BCUT2D eigenvalue weighted by Crippen LogP contribution is -2.53. The van der Waals surface area contributed by atoms with E-state index in [9.17, 15) is 9.90 Å². The average Bonchev–Trinajstić information content (AvgIpc) is 3.30. The molecule has 206 valence electrons. The number of amidine groups is 1. The van der Waals surface area contributed by atoms with Gasteiger partial charge in [0.1, 0.15) is 11.2 Å². The largest absolute Gasteiger partial charge is 0.463 e. The van der Waals surface area contributed by atoms with Gasteiger partial charge in [-0.3, -0.25) is 0 Å². The van der Waals surface area contributed by atoms with Crippen LogP contribution >= 0.6 is 11.6 Å². The van der Waals surface area contributed by atoms with Crippen LogP contribution in [0, 0.1) is 5.92 Å². The zero-order valence-electron chi connectivity index (χ0n) is 21.9. The summed E-state index contributed by atoms with van der Waals surface area (Å²) < 4.78 is 8.48. The fourth-order valence-electron chi connectivity index (χ4n) is 6.49. The number of halogens is 1. The van der Waals surface area contributed by atoms with Gasteiger partial charge in [0, 0.05) is 23.7 Å². The number of amides is 1. The number of benzene rings is 1. The SMILES string of the molecule is N/C(=N\C(=O)O)c1nc(-c2cccc(Cl)c2)c2c(n1)nc(N1CCOC3CCCCC31)n2CC1CCCCC1. The molecule has 1 amide bonds. The summed E-state index contributed by atoms with van der Waals surface area (Å²) in [5.41, 5.74) is 8.73. The zero-order valence-corrected chi connectivity index (χ0v) is 22.7. The van der Waals surface area contributed by atoms with Crippen molar-refractivity contribution < 1.29 is 14.6 Å². The van der Waals surface area contributed by atoms with Crippen LogP contribution in [0.4, 0.5) is 10.7 Å². The van der Waals surface area contributed by atoms with Gasteiger partial charge in [-0.1, -0.05) is 55.8 Å². The van der Waals surface area contributed by atoms with Crippen molar-refractivity contribution in [2.45, 2.75) is 76.5 Å². The summed E-state index contributed by atoms with van der Waals surface area (Å²) in [4.78, 5) is 31.7. The number of carbonyl (C=O) groups is 1. The molecule has 3 aliphatic rings. The van der Waals surface area contributed by atoms with E-state index >= 15 is 0 Å². The molecule has 1 aliphatic heterocycles. The number of aliphatic imine (C=N–C) groups is 1. The molecule has 3 aromatic rings. The summed E-state index contributed by atoms with van der Waals surface area (Å²) >= 11 is 6.40. The van der Waals surface area contributed by atoms with Crippen LogP contribution in [0.15, 0.2) is 29.3 Å².